The van der Waals surface area contributed by atoms with Gasteiger partial charge < -0.3 is 4.74 Å². The summed E-state index contributed by atoms with van der Waals surface area (Å²) in [4.78, 5) is 0. The molecule has 3 nitrogen and oxygen atoms in total. The molecule has 4 heteroatoms. The Hall–Kier alpha value is -0.640. The minimum Gasteiger partial charge on any atom is -0.486 e. The highest BCUT2D eigenvalue weighted by molar-refractivity contribution is 7.99. The fourth-order valence-corrected chi connectivity index (χ4v) is 2.49. The first-order chi connectivity index (χ1) is 6.34. The molecule has 2 rings (SSSR count). The number of hydrogen-bond acceptors (Lipinski definition) is 3. The van der Waals surface area contributed by atoms with E-state index in [1.807, 2.05) is 25.0 Å². The summed E-state index contributed by atoms with van der Waals surface area (Å²) < 4.78 is 7.54. The van der Waals surface area contributed by atoms with Crippen LogP contribution >= 0.6 is 11.8 Å². The minimum absolute atomic E-state index is 0.392. The lowest BCUT2D eigenvalue weighted by molar-refractivity contribution is 0.211. The molecule has 0 spiro atoms. The topological polar surface area (TPSA) is 27.1 Å². The molecule has 0 aliphatic carbocycles. The Morgan fingerprint density at radius 1 is 1.69 bits per heavy atom. The maximum atomic E-state index is 5.77. The molecule has 1 aliphatic rings. The van der Waals surface area contributed by atoms with E-state index in [1.165, 1.54) is 18.6 Å². The van der Waals surface area contributed by atoms with E-state index in [1.54, 1.807) is 10.9 Å². The molecule has 2 heterocycles. The maximum absolute atomic E-state index is 5.77. The standard InChI is InChI=1S/C9H14N2OS/c1-11-6-9(5-10-11)12-8-3-2-4-13-7-8/h5-6,8H,2-4,7H2,1H3. The normalized spacial score (nSPS) is 23.0. The summed E-state index contributed by atoms with van der Waals surface area (Å²) in [5.74, 6) is 3.30. The summed E-state index contributed by atoms with van der Waals surface area (Å²) in [6.45, 7) is 0. The van der Waals surface area contributed by atoms with Crippen LogP contribution < -0.4 is 4.74 Å². The van der Waals surface area contributed by atoms with Gasteiger partial charge in [0.05, 0.1) is 12.4 Å². The van der Waals surface area contributed by atoms with Crippen LogP contribution in [0, 0.1) is 0 Å². The van der Waals surface area contributed by atoms with Gasteiger partial charge in [-0.05, 0) is 18.6 Å². The van der Waals surface area contributed by atoms with Crippen molar-refractivity contribution in [2.24, 2.45) is 7.05 Å². The zero-order valence-corrected chi connectivity index (χ0v) is 8.59. The minimum atomic E-state index is 0.392. The van der Waals surface area contributed by atoms with Crippen LogP contribution in [0.15, 0.2) is 12.4 Å². The van der Waals surface area contributed by atoms with Crippen LogP contribution in [0.5, 0.6) is 5.75 Å². The van der Waals surface area contributed by atoms with Gasteiger partial charge in [-0.3, -0.25) is 4.68 Å². The van der Waals surface area contributed by atoms with E-state index >= 15 is 0 Å². The monoisotopic (exact) mass is 198 g/mol. The number of rotatable bonds is 2. The van der Waals surface area contributed by atoms with Crippen molar-refractivity contribution in [1.29, 1.82) is 0 Å². The zero-order valence-electron chi connectivity index (χ0n) is 7.77. The molecule has 0 bridgehead atoms. The Kier molecular flexibility index (Phi) is 2.78. The molecule has 1 aromatic rings. The van der Waals surface area contributed by atoms with Gasteiger partial charge in [0.25, 0.3) is 0 Å². The van der Waals surface area contributed by atoms with E-state index in [9.17, 15) is 0 Å². The van der Waals surface area contributed by atoms with Crippen LogP contribution in [-0.2, 0) is 7.05 Å². The number of nitrogens with zero attached hydrogens (tertiary/aromatic N) is 2. The molecule has 13 heavy (non-hydrogen) atoms. The van der Waals surface area contributed by atoms with Gasteiger partial charge in [0.2, 0.25) is 0 Å². The summed E-state index contributed by atoms with van der Waals surface area (Å²) in [5, 5.41) is 4.07. The maximum Gasteiger partial charge on any atom is 0.157 e. The first-order valence-electron chi connectivity index (χ1n) is 4.57. The first-order valence-corrected chi connectivity index (χ1v) is 5.73. The molecule has 1 aromatic heterocycles. The summed E-state index contributed by atoms with van der Waals surface area (Å²) in [6, 6.07) is 0. The fraction of sp³-hybridized carbons (Fsp3) is 0.667. The molecule has 72 valence electrons. The van der Waals surface area contributed by atoms with Crippen molar-refractivity contribution in [1.82, 2.24) is 9.78 Å². The second-order valence-electron chi connectivity index (χ2n) is 3.31. The average Bonchev–Trinajstić information content (AvgIpc) is 2.53. The van der Waals surface area contributed by atoms with Crippen molar-refractivity contribution in [3.8, 4) is 5.75 Å². The van der Waals surface area contributed by atoms with E-state index in [2.05, 4.69) is 5.10 Å². The van der Waals surface area contributed by atoms with E-state index in [0.717, 1.165) is 11.5 Å². The molecular formula is C9H14N2OS. The van der Waals surface area contributed by atoms with Crippen LogP contribution in [0.3, 0.4) is 0 Å². The van der Waals surface area contributed by atoms with Crippen molar-refractivity contribution in [2.45, 2.75) is 18.9 Å². The predicted molar refractivity (Wildman–Crippen MR) is 54.2 cm³/mol. The lowest BCUT2D eigenvalue weighted by Gasteiger charge is -2.21. The van der Waals surface area contributed by atoms with Gasteiger partial charge in [-0.1, -0.05) is 0 Å². The smallest absolute Gasteiger partial charge is 0.157 e. The zero-order chi connectivity index (χ0) is 9.10. The van der Waals surface area contributed by atoms with E-state index in [0.29, 0.717) is 6.10 Å². The molecule has 1 aliphatic heterocycles. The molecule has 1 saturated heterocycles. The van der Waals surface area contributed by atoms with Crippen LogP contribution in [0.1, 0.15) is 12.8 Å². The average molecular weight is 198 g/mol. The quantitative estimate of drug-likeness (QED) is 0.723. The van der Waals surface area contributed by atoms with E-state index in [4.69, 9.17) is 4.74 Å². The SMILES string of the molecule is Cn1cc(OC2CCCSC2)cn1. The number of hydrogen-bond donors (Lipinski definition) is 0. The molecule has 0 aromatic carbocycles. The van der Waals surface area contributed by atoms with Gasteiger partial charge in [0.15, 0.2) is 5.75 Å². The molecular weight excluding hydrogens is 184 g/mol. The van der Waals surface area contributed by atoms with Gasteiger partial charge >= 0.3 is 0 Å². The number of ether oxygens (including phenoxy) is 1. The van der Waals surface area contributed by atoms with Crippen molar-refractivity contribution in [3.05, 3.63) is 12.4 Å². The number of aromatic nitrogens is 2. The third kappa shape index (κ3) is 2.40. The molecule has 1 atom stereocenters. The first kappa shape index (κ1) is 8.94. The molecule has 0 amide bonds. The van der Waals surface area contributed by atoms with Crippen molar-refractivity contribution in [3.63, 3.8) is 0 Å². The van der Waals surface area contributed by atoms with Crippen molar-refractivity contribution in [2.75, 3.05) is 11.5 Å². The van der Waals surface area contributed by atoms with Crippen LogP contribution in [0.4, 0.5) is 0 Å². The Balaban J connectivity index is 1.89. The number of aryl methyl sites for hydroxylation is 1. The highest BCUT2D eigenvalue weighted by Crippen LogP contribution is 2.21. The van der Waals surface area contributed by atoms with E-state index in [-0.39, 0.29) is 0 Å². The van der Waals surface area contributed by atoms with Crippen LogP contribution in [0.2, 0.25) is 0 Å². The second-order valence-corrected chi connectivity index (χ2v) is 4.46. The van der Waals surface area contributed by atoms with Crippen molar-refractivity contribution < 1.29 is 4.74 Å². The largest absolute Gasteiger partial charge is 0.486 e. The molecule has 0 radical (unpaired) electrons. The molecule has 1 unspecified atom stereocenters. The van der Waals surface area contributed by atoms with Gasteiger partial charge in [0, 0.05) is 12.8 Å². The molecule has 0 N–H and O–H groups in total. The van der Waals surface area contributed by atoms with Crippen molar-refractivity contribution >= 4 is 11.8 Å². The molecule has 0 saturated carbocycles. The molecule has 1 fully saturated rings. The predicted octanol–water partition coefficient (Wildman–Crippen LogP) is 1.69. The Morgan fingerprint density at radius 2 is 2.62 bits per heavy atom. The van der Waals surface area contributed by atoms with Crippen LogP contribution in [0.25, 0.3) is 0 Å². The van der Waals surface area contributed by atoms with Gasteiger partial charge in [-0.25, -0.2) is 0 Å². The van der Waals surface area contributed by atoms with Crippen LogP contribution in [-0.4, -0.2) is 27.4 Å². The summed E-state index contributed by atoms with van der Waals surface area (Å²) in [6.07, 6.45) is 6.54. The van der Waals surface area contributed by atoms with E-state index < -0.39 is 0 Å². The Bertz CT molecular complexity index is 268. The highest BCUT2D eigenvalue weighted by atomic mass is 32.2. The lowest BCUT2D eigenvalue weighted by Crippen LogP contribution is -2.23. The number of thioether (sulfide) groups is 1. The van der Waals surface area contributed by atoms with Gasteiger partial charge in [0.1, 0.15) is 6.10 Å². The third-order valence-corrected chi connectivity index (χ3v) is 3.29. The third-order valence-electron chi connectivity index (χ3n) is 2.10. The Labute approximate surface area is 82.5 Å². The lowest BCUT2D eigenvalue weighted by atomic mass is 10.2. The van der Waals surface area contributed by atoms with Gasteiger partial charge in [-0.15, -0.1) is 0 Å². The summed E-state index contributed by atoms with van der Waals surface area (Å²) in [7, 11) is 1.91. The second kappa shape index (κ2) is 4.05. The highest BCUT2D eigenvalue weighted by Gasteiger charge is 2.15. The van der Waals surface area contributed by atoms with Gasteiger partial charge in [-0.2, -0.15) is 16.9 Å². The Morgan fingerprint density at radius 3 is 3.23 bits per heavy atom. The summed E-state index contributed by atoms with van der Waals surface area (Å²) in [5.41, 5.74) is 0. The summed E-state index contributed by atoms with van der Waals surface area (Å²) >= 11 is 1.98. The fourth-order valence-electron chi connectivity index (χ4n) is 1.46.